The van der Waals surface area contributed by atoms with Crippen molar-refractivity contribution in [2.24, 2.45) is 0 Å². The number of rotatable bonds is 6. The summed E-state index contributed by atoms with van der Waals surface area (Å²) in [6.07, 6.45) is -0.703. The van der Waals surface area contributed by atoms with Crippen LogP contribution in [0.1, 0.15) is 29.8 Å². The minimum absolute atomic E-state index is 0.0476. The first-order chi connectivity index (χ1) is 14.2. The highest BCUT2D eigenvalue weighted by Crippen LogP contribution is 2.42. The van der Waals surface area contributed by atoms with E-state index in [4.69, 9.17) is 14.2 Å². The molecule has 0 aromatic heterocycles. The van der Waals surface area contributed by atoms with E-state index in [2.05, 4.69) is 0 Å². The molecule has 2 aromatic carbocycles. The molecule has 0 spiro atoms. The summed E-state index contributed by atoms with van der Waals surface area (Å²) in [6, 6.07) is 6.78. The summed E-state index contributed by atoms with van der Waals surface area (Å²) in [7, 11) is 1.22. The van der Waals surface area contributed by atoms with E-state index in [1.54, 1.807) is 24.3 Å². The molecule has 8 nitrogen and oxygen atoms in total. The van der Waals surface area contributed by atoms with Crippen molar-refractivity contribution in [3.63, 3.8) is 0 Å². The molecule has 162 valence electrons. The minimum Gasteiger partial charge on any atom is -0.506 e. The van der Waals surface area contributed by atoms with Crippen LogP contribution in [0.25, 0.3) is 10.8 Å². The Labute approximate surface area is 173 Å². The van der Waals surface area contributed by atoms with Gasteiger partial charge in [-0.15, -0.1) is 0 Å². The highest BCUT2D eigenvalue weighted by Gasteiger charge is 2.49. The van der Waals surface area contributed by atoms with Gasteiger partial charge in [0.05, 0.1) is 20.3 Å². The lowest BCUT2D eigenvalue weighted by Crippen LogP contribution is -2.48. The van der Waals surface area contributed by atoms with Crippen LogP contribution < -0.4 is 4.74 Å². The van der Waals surface area contributed by atoms with Crippen LogP contribution in [0.5, 0.6) is 11.5 Å². The van der Waals surface area contributed by atoms with E-state index in [1.165, 1.54) is 7.11 Å². The first-order valence-electron chi connectivity index (χ1n) is 9.51. The van der Waals surface area contributed by atoms with E-state index >= 15 is 0 Å². The number of ether oxygens (including phenoxy) is 3. The zero-order valence-corrected chi connectivity index (χ0v) is 17.1. The molecule has 1 aliphatic rings. The van der Waals surface area contributed by atoms with Crippen LogP contribution in [-0.2, 0) is 15.9 Å². The standard InChI is InChI=1S/C22H26O8/c1-12(2)8-9-15-16(20(26)28-3)17(24)13-6-4-5-7-14(13)18(15)30-21-19(25)22(27,10-23)11-29-21/h4-8,19,21,23-25,27H,9-11H2,1-3H3. The Hall–Kier alpha value is -2.65. The Morgan fingerprint density at radius 3 is 2.53 bits per heavy atom. The second kappa shape index (κ2) is 8.61. The molecular formula is C22H26O8. The summed E-state index contributed by atoms with van der Waals surface area (Å²) in [5.41, 5.74) is -0.567. The molecule has 3 unspecified atom stereocenters. The zero-order valence-electron chi connectivity index (χ0n) is 17.1. The predicted molar refractivity (Wildman–Crippen MR) is 108 cm³/mol. The molecule has 0 bridgehead atoms. The molecule has 0 aliphatic carbocycles. The summed E-state index contributed by atoms with van der Waals surface area (Å²) < 4.78 is 16.2. The number of hydrogen-bond acceptors (Lipinski definition) is 8. The fourth-order valence-corrected chi connectivity index (χ4v) is 3.41. The summed E-state index contributed by atoms with van der Waals surface area (Å²) in [4.78, 5) is 12.5. The Morgan fingerprint density at radius 1 is 1.30 bits per heavy atom. The third-order valence-electron chi connectivity index (χ3n) is 5.16. The van der Waals surface area contributed by atoms with Crippen LogP contribution in [-0.4, -0.2) is 64.7 Å². The first-order valence-corrected chi connectivity index (χ1v) is 9.51. The molecule has 2 aromatic rings. The number of aromatic hydroxyl groups is 1. The van der Waals surface area contributed by atoms with Crippen molar-refractivity contribution in [2.45, 2.75) is 38.3 Å². The van der Waals surface area contributed by atoms with Gasteiger partial charge in [-0.1, -0.05) is 35.9 Å². The minimum atomic E-state index is -1.86. The second-order valence-electron chi connectivity index (χ2n) is 7.56. The van der Waals surface area contributed by atoms with Crippen molar-refractivity contribution in [3.8, 4) is 11.5 Å². The quantitative estimate of drug-likeness (QED) is 0.412. The maximum Gasteiger partial charge on any atom is 0.342 e. The van der Waals surface area contributed by atoms with Crippen LogP contribution >= 0.6 is 0 Å². The van der Waals surface area contributed by atoms with Gasteiger partial charge in [0.15, 0.2) is 0 Å². The third kappa shape index (κ3) is 3.87. The van der Waals surface area contributed by atoms with Gasteiger partial charge in [0, 0.05) is 16.3 Å². The number of aliphatic hydroxyl groups is 3. The van der Waals surface area contributed by atoms with E-state index in [0.29, 0.717) is 16.3 Å². The van der Waals surface area contributed by atoms with Crippen LogP contribution in [0.2, 0.25) is 0 Å². The Bertz CT molecular complexity index is 979. The number of phenols is 1. The van der Waals surface area contributed by atoms with Crippen molar-refractivity contribution in [1.29, 1.82) is 0 Å². The number of hydrogen-bond donors (Lipinski definition) is 4. The van der Waals surface area contributed by atoms with Gasteiger partial charge < -0.3 is 34.6 Å². The number of carbonyl (C=O) groups is 1. The summed E-state index contributed by atoms with van der Waals surface area (Å²) in [6.45, 7) is 2.76. The molecule has 3 atom stereocenters. The molecule has 30 heavy (non-hydrogen) atoms. The van der Waals surface area contributed by atoms with Gasteiger partial charge in [-0.25, -0.2) is 4.79 Å². The average Bonchev–Trinajstić information content (AvgIpc) is 3.02. The van der Waals surface area contributed by atoms with Crippen molar-refractivity contribution < 1.29 is 39.4 Å². The largest absolute Gasteiger partial charge is 0.506 e. The molecule has 1 aliphatic heterocycles. The van der Waals surface area contributed by atoms with Crippen LogP contribution in [0.15, 0.2) is 35.9 Å². The van der Waals surface area contributed by atoms with Gasteiger partial charge in [0.25, 0.3) is 0 Å². The lowest BCUT2D eigenvalue weighted by atomic mass is 9.94. The molecule has 0 saturated carbocycles. The third-order valence-corrected chi connectivity index (χ3v) is 5.16. The molecule has 8 heteroatoms. The molecule has 3 rings (SSSR count). The monoisotopic (exact) mass is 418 g/mol. The maximum absolute atomic E-state index is 12.5. The van der Waals surface area contributed by atoms with Gasteiger partial charge in [-0.3, -0.25) is 0 Å². The number of aliphatic hydroxyl groups excluding tert-OH is 2. The second-order valence-corrected chi connectivity index (χ2v) is 7.56. The van der Waals surface area contributed by atoms with Crippen LogP contribution in [0.4, 0.5) is 0 Å². The Kier molecular flexibility index (Phi) is 6.33. The number of allylic oxidation sites excluding steroid dienone is 2. The van der Waals surface area contributed by atoms with Gasteiger partial charge >= 0.3 is 5.97 Å². The molecule has 1 fully saturated rings. The zero-order chi connectivity index (χ0) is 22.1. The highest BCUT2D eigenvalue weighted by molar-refractivity contribution is 6.05. The summed E-state index contributed by atoms with van der Waals surface area (Å²) in [5.74, 6) is -0.755. The van der Waals surface area contributed by atoms with Gasteiger partial charge in [-0.2, -0.15) is 0 Å². The predicted octanol–water partition coefficient (Wildman–Crippen LogP) is 1.66. The van der Waals surface area contributed by atoms with Gasteiger partial charge in [0.1, 0.15) is 28.8 Å². The number of carbonyl (C=O) groups excluding carboxylic acids is 1. The molecular weight excluding hydrogens is 392 g/mol. The molecule has 1 heterocycles. The van der Waals surface area contributed by atoms with Crippen molar-refractivity contribution in [2.75, 3.05) is 20.3 Å². The Balaban J connectivity index is 2.22. The van der Waals surface area contributed by atoms with E-state index in [-0.39, 0.29) is 30.1 Å². The smallest absolute Gasteiger partial charge is 0.342 e. The number of benzene rings is 2. The fourth-order valence-electron chi connectivity index (χ4n) is 3.41. The van der Waals surface area contributed by atoms with Crippen molar-refractivity contribution in [3.05, 3.63) is 47.0 Å². The van der Waals surface area contributed by atoms with E-state index < -0.39 is 30.6 Å². The molecule has 0 radical (unpaired) electrons. The number of phenolic OH excluding ortho intramolecular Hbond substituents is 1. The Morgan fingerprint density at radius 2 is 1.97 bits per heavy atom. The molecule has 4 N–H and O–H groups in total. The molecule has 0 amide bonds. The van der Waals surface area contributed by atoms with Crippen LogP contribution in [0.3, 0.4) is 0 Å². The fraction of sp³-hybridized carbons (Fsp3) is 0.409. The maximum atomic E-state index is 12.5. The van der Waals surface area contributed by atoms with E-state index in [0.717, 1.165) is 5.57 Å². The SMILES string of the molecule is COC(=O)c1c(CC=C(C)C)c(OC2OCC(O)(CO)C2O)c2ccccc2c1O. The normalized spacial score (nSPS) is 23.4. The van der Waals surface area contributed by atoms with Crippen LogP contribution in [0, 0.1) is 0 Å². The summed E-state index contributed by atoms with van der Waals surface area (Å²) in [5, 5.41) is 41.8. The lowest BCUT2D eigenvalue weighted by molar-refractivity contribution is -0.115. The van der Waals surface area contributed by atoms with E-state index in [9.17, 15) is 25.2 Å². The number of esters is 1. The molecule has 1 saturated heterocycles. The summed E-state index contributed by atoms with van der Waals surface area (Å²) >= 11 is 0. The van der Waals surface area contributed by atoms with Gasteiger partial charge in [-0.05, 0) is 20.3 Å². The average molecular weight is 418 g/mol. The number of fused-ring (bicyclic) bond motifs is 1. The van der Waals surface area contributed by atoms with Crippen molar-refractivity contribution in [1.82, 2.24) is 0 Å². The van der Waals surface area contributed by atoms with Gasteiger partial charge in [0.2, 0.25) is 6.29 Å². The topological polar surface area (TPSA) is 126 Å². The highest BCUT2D eigenvalue weighted by atomic mass is 16.7. The first kappa shape index (κ1) is 22.0. The van der Waals surface area contributed by atoms with E-state index in [1.807, 2.05) is 19.9 Å². The lowest BCUT2D eigenvalue weighted by Gasteiger charge is -2.25. The number of methoxy groups -OCH3 is 1. The van der Waals surface area contributed by atoms with Crippen molar-refractivity contribution >= 4 is 16.7 Å².